The number of nitrogens with one attached hydrogen (secondary N) is 2. The smallest absolute Gasteiger partial charge is 0.0716 e. The Kier molecular flexibility index (Phi) is 6.92. The Morgan fingerprint density at radius 3 is 2.83 bits per heavy atom. The summed E-state index contributed by atoms with van der Waals surface area (Å²) < 4.78 is 0.915. The fraction of sp³-hybridized carbons (Fsp3) is 0.500. The third kappa shape index (κ3) is 4.37. The maximum atomic E-state index is 9.64. The largest absolute Gasteiger partial charge is 0.391 e. The van der Waals surface area contributed by atoms with Crippen molar-refractivity contribution in [3.05, 3.63) is 33.3 Å². The molecule has 2 rings (SSSR count). The van der Waals surface area contributed by atoms with E-state index in [0.29, 0.717) is 12.5 Å². The summed E-state index contributed by atoms with van der Waals surface area (Å²) in [6.45, 7) is 3.18. The Labute approximate surface area is 127 Å². The maximum absolute atomic E-state index is 9.64. The predicted octanol–water partition coefficient (Wildman–Crippen LogP) is 2.19. The molecular weight excluding hydrogens is 339 g/mol. The molecule has 0 bridgehead atoms. The number of halogens is 3. The first kappa shape index (κ1) is 16.2. The van der Waals surface area contributed by atoms with Crippen LogP contribution in [0.2, 0.25) is 5.02 Å². The van der Waals surface area contributed by atoms with Gasteiger partial charge < -0.3 is 15.7 Å². The summed E-state index contributed by atoms with van der Waals surface area (Å²) in [4.78, 5) is 0. The van der Waals surface area contributed by atoms with Gasteiger partial charge in [0.05, 0.1) is 11.1 Å². The quantitative estimate of drug-likeness (QED) is 0.775. The summed E-state index contributed by atoms with van der Waals surface area (Å²) in [6, 6.07) is 5.93. The average Bonchev–Trinajstić information content (AvgIpc) is 2.70. The Balaban J connectivity index is 0.00000162. The van der Waals surface area contributed by atoms with Gasteiger partial charge in [0, 0.05) is 36.6 Å². The van der Waals surface area contributed by atoms with Gasteiger partial charge in [-0.05, 0) is 33.6 Å². The molecule has 2 atom stereocenters. The molecule has 0 amide bonds. The molecule has 2 unspecified atom stereocenters. The van der Waals surface area contributed by atoms with Crippen LogP contribution in [-0.2, 0) is 6.54 Å². The van der Waals surface area contributed by atoms with Crippen LogP contribution in [0, 0.1) is 5.92 Å². The third-order valence-corrected chi connectivity index (χ3v) is 4.26. The first-order valence-corrected chi connectivity index (χ1v) is 6.87. The van der Waals surface area contributed by atoms with Crippen LogP contribution in [0.15, 0.2) is 22.7 Å². The van der Waals surface area contributed by atoms with E-state index in [-0.39, 0.29) is 18.5 Å². The average molecular weight is 356 g/mol. The van der Waals surface area contributed by atoms with Crippen LogP contribution < -0.4 is 10.6 Å². The lowest BCUT2D eigenvalue weighted by Gasteiger charge is -2.14. The zero-order chi connectivity index (χ0) is 12.3. The van der Waals surface area contributed by atoms with E-state index in [1.54, 1.807) is 0 Å². The number of hydrogen-bond acceptors (Lipinski definition) is 3. The minimum atomic E-state index is -0.226. The monoisotopic (exact) mass is 354 g/mol. The lowest BCUT2D eigenvalue weighted by molar-refractivity contribution is 0.146. The molecule has 1 heterocycles. The Morgan fingerprint density at radius 2 is 2.22 bits per heavy atom. The van der Waals surface area contributed by atoms with Crippen molar-refractivity contribution in [2.24, 2.45) is 5.92 Å². The number of rotatable bonds is 4. The molecule has 18 heavy (non-hydrogen) atoms. The molecule has 1 aromatic carbocycles. The summed E-state index contributed by atoms with van der Waals surface area (Å²) in [7, 11) is 0. The van der Waals surface area contributed by atoms with E-state index >= 15 is 0 Å². The van der Waals surface area contributed by atoms with Crippen molar-refractivity contribution in [1.82, 2.24) is 10.6 Å². The molecule has 0 radical (unpaired) electrons. The van der Waals surface area contributed by atoms with E-state index in [0.717, 1.165) is 34.7 Å². The Hall–Kier alpha value is 0.160. The summed E-state index contributed by atoms with van der Waals surface area (Å²) in [5.74, 6) is 0.306. The molecule has 0 spiro atoms. The van der Waals surface area contributed by atoms with Crippen LogP contribution >= 0.6 is 39.9 Å². The van der Waals surface area contributed by atoms with Crippen molar-refractivity contribution in [2.75, 3.05) is 19.6 Å². The fourth-order valence-electron chi connectivity index (χ4n) is 1.98. The van der Waals surface area contributed by atoms with Gasteiger partial charge in [0.25, 0.3) is 0 Å². The first-order chi connectivity index (χ1) is 8.16. The van der Waals surface area contributed by atoms with Crippen molar-refractivity contribution in [2.45, 2.75) is 12.6 Å². The highest BCUT2D eigenvalue weighted by molar-refractivity contribution is 9.10. The van der Waals surface area contributed by atoms with E-state index < -0.39 is 0 Å². The van der Waals surface area contributed by atoms with Gasteiger partial charge in [-0.15, -0.1) is 12.4 Å². The number of hydrogen-bond donors (Lipinski definition) is 3. The van der Waals surface area contributed by atoms with Crippen LogP contribution in [0.1, 0.15) is 5.56 Å². The van der Waals surface area contributed by atoms with E-state index in [1.807, 2.05) is 18.2 Å². The van der Waals surface area contributed by atoms with E-state index in [1.165, 1.54) is 0 Å². The van der Waals surface area contributed by atoms with Crippen LogP contribution in [0.25, 0.3) is 0 Å². The zero-order valence-corrected chi connectivity index (χ0v) is 13.0. The molecule has 1 aromatic rings. The molecule has 1 saturated heterocycles. The van der Waals surface area contributed by atoms with Gasteiger partial charge in [0.1, 0.15) is 0 Å². The molecule has 3 nitrogen and oxygen atoms in total. The van der Waals surface area contributed by atoms with Gasteiger partial charge in [-0.1, -0.05) is 17.7 Å². The van der Waals surface area contributed by atoms with Crippen LogP contribution in [0.5, 0.6) is 0 Å². The highest BCUT2D eigenvalue weighted by Gasteiger charge is 2.23. The molecule has 3 N–H and O–H groups in total. The number of aliphatic hydroxyl groups excluding tert-OH is 1. The molecule has 0 aromatic heterocycles. The van der Waals surface area contributed by atoms with Crippen molar-refractivity contribution in [1.29, 1.82) is 0 Å². The second kappa shape index (κ2) is 7.68. The van der Waals surface area contributed by atoms with Crippen molar-refractivity contribution in [3.63, 3.8) is 0 Å². The number of benzene rings is 1. The molecule has 1 aliphatic heterocycles. The molecular formula is C12H17BrCl2N2O. The zero-order valence-electron chi connectivity index (χ0n) is 9.83. The summed E-state index contributed by atoms with van der Waals surface area (Å²) in [6.07, 6.45) is -0.226. The van der Waals surface area contributed by atoms with Crippen LogP contribution in [0.3, 0.4) is 0 Å². The normalized spacial score (nSPS) is 22.8. The Bertz CT molecular complexity index is 392. The molecule has 6 heteroatoms. The van der Waals surface area contributed by atoms with Crippen molar-refractivity contribution < 1.29 is 5.11 Å². The van der Waals surface area contributed by atoms with Gasteiger partial charge >= 0.3 is 0 Å². The van der Waals surface area contributed by atoms with Gasteiger partial charge in [0.2, 0.25) is 0 Å². The van der Waals surface area contributed by atoms with E-state index in [9.17, 15) is 5.11 Å². The number of aliphatic hydroxyl groups is 1. The minimum Gasteiger partial charge on any atom is -0.391 e. The van der Waals surface area contributed by atoms with E-state index in [4.69, 9.17) is 11.6 Å². The van der Waals surface area contributed by atoms with Gasteiger partial charge in [0.15, 0.2) is 0 Å². The number of β-amino-alcohol motifs (C(OH)–C–C–N with tert-alkyl or cyclic N) is 1. The molecule has 0 aliphatic carbocycles. The molecule has 0 saturated carbocycles. The maximum Gasteiger partial charge on any atom is 0.0716 e. The van der Waals surface area contributed by atoms with E-state index in [2.05, 4.69) is 26.6 Å². The second-order valence-corrected chi connectivity index (χ2v) is 5.63. The first-order valence-electron chi connectivity index (χ1n) is 5.70. The molecule has 102 valence electrons. The topological polar surface area (TPSA) is 44.3 Å². The van der Waals surface area contributed by atoms with Gasteiger partial charge in [-0.2, -0.15) is 0 Å². The lowest BCUT2D eigenvalue weighted by atomic mass is 10.1. The third-order valence-electron chi connectivity index (χ3n) is 3.02. The molecule has 1 aliphatic rings. The highest BCUT2D eigenvalue weighted by Crippen LogP contribution is 2.23. The Morgan fingerprint density at radius 1 is 1.44 bits per heavy atom. The summed E-state index contributed by atoms with van der Waals surface area (Å²) in [5.41, 5.74) is 1.15. The van der Waals surface area contributed by atoms with Crippen LogP contribution in [-0.4, -0.2) is 30.8 Å². The van der Waals surface area contributed by atoms with Crippen molar-refractivity contribution >= 4 is 39.9 Å². The van der Waals surface area contributed by atoms with Gasteiger partial charge in [-0.3, -0.25) is 0 Å². The van der Waals surface area contributed by atoms with Crippen molar-refractivity contribution in [3.8, 4) is 0 Å². The second-order valence-electron chi connectivity index (χ2n) is 4.37. The standard InChI is InChI=1S/C12H16BrClN2O.ClH/c13-10-2-1-8(3-11(10)14)4-15-5-9-6-16-7-12(9)17;/h1-3,9,12,15-17H,4-7H2;1H. The lowest BCUT2D eigenvalue weighted by Crippen LogP contribution is -2.30. The summed E-state index contributed by atoms with van der Waals surface area (Å²) >= 11 is 9.38. The molecule has 1 fully saturated rings. The van der Waals surface area contributed by atoms with Gasteiger partial charge in [-0.25, -0.2) is 0 Å². The predicted molar refractivity (Wildman–Crippen MR) is 80.5 cm³/mol. The SMILES string of the molecule is Cl.OC1CNCC1CNCc1ccc(Br)c(Cl)c1. The fourth-order valence-corrected chi connectivity index (χ4v) is 2.43. The minimum absolute atomic E-state index is 0. The van der Waals surface area contributed by atoms with Crippen LogP contribution in [0.4, 0.5) is 0 Å². The summed E-state index contributed by atoms with van der Waals surface area (Å²) in [5, 5.41) is 16.9. The highest BCUT2D eigenvalue weighted by atomic mass is 79.9.